The second kappa shape index (κ2) is 3.99. The van der Waals surface area contributed by atoms with Crippen LogP contribution in [0.4, 0.5) is 0 Å². The zero-order valence-corrected chi connectivity index (χ0v) is 8.74. The summed E-state index contributed by atoms with van der Waals surface area (Å²) in [5.41, 5.74) is 1.16. The van der Waals surface area contributed by atoms with Gasteiger partial charge in [-0.15, -0.1) is 0 Å². The lowest BCUT2D eigenvalue weighted by molar-refractivity contribution is 0.108. The Labute approximate surface area is 86.4 Å². The van der Waals surface area contributed by atoms with Crippen molar-refractivity contribution in [3.05, 3.63) is 28.3 Å². The Morgan fingerprint density at radius 3 is 2.54 bits per heavy atom. The Bertz CT molecular complexity index is 348. The number of carbonyl (C=O) groups is 1. The van der Waals surface area contributed by atoms with E-state index in [0.29, 0.717) is 16.3 Å². The molecule has 0 radical (unpaired) electrons. The quantitative estimate of drug-likeness (QED) is 0.714. The molecule has 0 saturated carbocycles. The maximum Gasteiger partial charge on any atom is 0.252 e. The molecule has 0 unspecified atom stereocenters. The molecule has 1 aromatic rings. The Morgan fingerprint density at radius 2 is 2.08 bits per heavy atom. The summed E-state index contributed by atoms with van der Waals surface area (Å²) in [4.78, 5) is 10.8. The van der Waals surface area contributed by atoms with Crippen molar-refractivity contribution < 1.29 is 9.53 Å². The molecule has 1 aromatic carbocycles. The number of hydrogen-bond donors (Lipinski definition) is 0. The van der Waals surface area contributed by atoms with Gasteiger partial charge in [0.05, 0.1) is 12.1 Å². The van der Waals surface area contributed by atoms with Gasteiger partial charge in [-0.25, -0.2) is 0 Å². The summed E-state index contributed by atoms with van der Waals surface area (Å²) in [5, 5.41) is -0.0118. The van der Waals surface area contributed by atoms with Crippen LogP contribution in [0.25, 0.3) is 0 Å². The molecule has 4 heteroatoms. The highest BCUT2D eigenvalue weighted by molar-refractivity contribution is 6.67. The number of carbonyl (C=O) groups excluding carboxylic acids is 1. The van der Waals surface area contributed by atoms with Crippen LogP contribution in [-0.2, 0) is 0 Å². The highest BCUT2D eigenvalue weighted by Gasteiger charge is 2.09. The van der Waals surface area contributed by atoms with E-state index in [0.717, 1.165) is 5.56 Å². The van der Waals surface area contributed by atoms with Crippen LogP contribution in [0.3, 0.4) is 0 Å². The molecule has 1 rings (SSSR count). The van der Waals surface area contributed by atoms with E-state index in [9.17, 15) is 4.79 Å². The van der Waals surface area contributed by atoms with Crippen molar-refractivity contribution in [2.75, 3.05) is 7.11 Å². The molecule has 13 heavy (non-hydrogen) atoms. The Morgan fingerprint density at radius 1 is 1.46 bits per heavy atom. The van der Waals surface area contributed by atoms with Crippen LogP contribution in [0, 0.1) is 6.92 Å². The van der Waals surface area contributed by atoms with Gasteiger partial charge in [0, 0.05) is 5.56 Å². The number of benzene rings is 1. The molecule has 0 saturated heterocycles. The number of halogens is 2. The lowest BCUT2D eigenvalue weighted by atomic mass is 10.1. The summed E-state index contributed by atoms with van der Waals surface area (Å²) in [6.45, 7) is 1.79. The van der Waals surface area contributed by atoms with Gasteiger partial charge in [-0.1, -0.05) is 11.6 Å². The predicted molar refractivity (Wildman–Crippen MR) is 52.9 cm³/mol. The molecule has 0 atom stereocenters. The molecule has 0 spiro atoms. The van der Waals surface area contributed by atoms with E-state index in [1.54, 1.807) is 13.0 Å². The molecule has 0 amide bonds. The Hall–Kier alpha value is -0.730. The van der Waals surface area contributed by atoms with E-state index < -0.39 is 5.24 Å². The van der Waals surface area contributed by atoms with E-state index in [4.69, 9.17) is 27.9 Å². The molecule has 70 valence electrons. The predicted octanol–water partition coefficient (Wildman–Crippen LogP) is 3.04. The van der Waals surface area contributed by atoms with Crippen LogP contribution in [0.1, 0.15) is 15.9 Å². The number of hydrogen-bond acceptors (Lipinski definition) is 2. The van der Waals surface area contributed by atoms with Gasteiger partial charge in [0.15, 0.2) is 0 Å². The maximum absolute atomic E-state index is 10.8. The van der Waals surface area contributed by atoms with Gasteiger partial charge in [0.2, 0.25) is 0 Å². The molecule has 0 aliphatic heterocycles. The van der Waals surface area contributed by atoms with Gasteiger partial charge in [-0.2, -0.15) is 0 Å². The number of methoxy groups -OCH3 is 1. The minimum atomic E-state index is -0.516. The first-order valence-corrected chi connectivity index (χ1v) is 4.36. The van der Waals surface area contributed by atoms with E-state index in [1.165, 1.54) is 13.2 Å². The lowest BCUT2D eigenvalue weighted by Gasteiger charge is -2.06. The Balaban J connectivity index is 3.30. The summed E-state index contributed by atoms with van der Waals surface area (Å²) in [7, 11) is 1.49. The SMILES string of the molecule is COc1cc(C(=O)Cl)cc(C)c1Cl. The summed E-state index contributed by atoms with van der Waals surface area (Å²) in [6.07, 6.45) is 0. The average molecular weight is 219 g/mol. The van der Waals surface area contributed by atoms with Gasteiger partial charge in [-0.3, -0.25) is 4.79 Å². The third-order valence-electron chi connectivity index (χ3n) is 1.67. The van der Waals surface area contributed by atoms with Gasteiger partial charge >= 0.3 is 0 Å². The van der Waals surface area contributed by atoms with Gasteiger partial charge in [0.1, 0.15) is 5.75 Å². The van der Waals surface area contributed by atoms with Crippen molar-refractivity contribution in [3.8, 4) is 5.75 Å². The summed E-state index contributed by atoms with van der Waals surface area (Å²) in [6, 6.07) is 3.14. The topological polar surface area (TPSA) is 26.3 Å². The zero-order valence-electron chi connectivity index (χ0n) is 7.23. The van der Waals surface area contributed by atoms with Gasteiger partial charge < -0.3 is 4.74 Å². The largest absolute Gasteiger partial charge is 0.495 e. The molecular formula is C9H8Cl2O2. The maximum atomic E-state index is 10.8. The van der Waals surface area contributed by atoms with Crippen molar-refractivity contribution in [3.63, 3.8) is 0 Å². The normalized spacial score (nSPS) is 9.85. The van der Waals surface area contributed by atoms with Crippen molar-refractivity contribution in [1.82, 2.24) is 0 Å². The van der Waals surface area contributed by atoms with Gasteiger partial charge in [-0.05, 0) is 36.2 Å². The lowest BCUT2D eigenvalue weighted by Crippen LogP contribution is -1.94. The highest BCUT2D eigenvalue weighted by atomic mass is 35.5. The summed E-state index contributed by atoms with van der Waals surface area (Å²) >= 11 is 11.2. The fraction of sp³-hybridized carbons (Fsp3) is 0.222. The Kier molecular flexibility index (Phi) is 3.17. The first-order valence-electron chi connectivity index (χ1n) is 3.60. The van der Waals surface area contributed by atoms with Crippen molar-refractivity contribution in [1.29, 1.82) is 0 Å². The molecule has 0 bridgehead atoms. The molecule has 0 N–H and O–H groups in total. The summed E-state index contributed by atoms with van der Waals surface area (Å²) in [5.74, 6) is 0.464. The van der Waals surface area contributed by atoms with Crippen LogP contribution in [0.15, 0.2) is 12.1 Å². The molecule has 0 aliphatic carbocycles. The minimum absolute atomic E-state index is 0.389. The van der Waals surface area contributed by atoms with E-state index >= 15 is 0 Å². The van der Waals surface area contributed by atoms with Crippen LogP contribution in [0.2, 0.25) is 5.02 Å². The van der Waals surface area contributed by atoms with E-state index in [2.05, 4.69) is 0 Å². The fourth-order valence-corrected chi connectivity index (χ4v) is 1.29. The van der Waals surface area contributed by atoms with Crippen LogP contribution >= 0.6 is 23.2 Å². The highest BCUT2D eigenvalue weighted by Crippen LogP contribution is 2.29. The van der Waals surface area contributed by atoms with Crippen LogP contribution in [0.5, 0.6) is 5.75 Å². The van der Waals surface area contributed by atoms with E-state index in [-0.39, 0.29) is 0 Å². The number of rotatable bonds is 2. The average Bonchev–Trinajstić information content (AvgIpc) is 2.09. The first-order chi connectivity index (χ1) is 6.06. The van der Waals surface area contributed by atoms with Crippen molar-refractivity contribution >= 4 is 28.4 Å². The standard InChI is InChI=1S/C9H8Cl2O2/c1-5-3-6(9(11)12)4-7(13-2)8(5)10/h3-4H,1-2H3. The number of aryl methyl sites for hydroxylation is 1. The second-order valence-electron chi connectivity index (χ2n) is 2.58. The van der Waals surface area contributed by atoms with Crippen molar-refractivity contribution in [2.24, 2.45) is 0 Å². The first kappa shape index (κ1) is 10.4. The minimum Gasteiger partial charge on any atom is -0.495 e. The van der Waals surface area contributed by atoms with Crippen LogP contribution < -0.4 is 4.74 Å². The number of ether oxygens (including phenoxy) is 1. The molecule has 0 aromatic heterocycles. The third-order valence-corrected chi connectivity index (χ3v) is 2.37. The molecule has 0 aliphatic rings. The van der Waals surface area contributed by atoms with Gasteiger partial charge in [0.25, 0.3) is 5.24 Å². The van der Waals surface area contributed by atoms with E-state index in [1.807, 2.05) is 0 Å². The van der Waals surface area contributed by atoms with Crippen LogP contribution in [-0.4, -0.2) is 12.4 Å². The molecule has 2 nitrogen and oxygen atoms in total. The smallest absolute Gasteiger partial charge is 0.252 e. The second-order valence-corrected chi connectivity index (χ2v) is 3.30. The molecule has 0 fully saturated rings. The monoisotopic (exact) mass is 218 g/mol. The zero-order chi connectivity index (χ0) is 10.0. The third kappa shape index (κ3) is 2.14. The molecule has 0 heterocycles. The molecular weight excluding hydrogens is 211 g/mol. The summed E-state index contributed by atoms with van der Waals surface area (Å²) < 4.78 is 4.97. The van der Waals surface area contributed by atoms with Crippen molar-refractivity contribution in [2.45, 2.75) is 6.92 Å². The fourth-order valence-electron chi connectivity index (χ4n) is 0.999.